The molecule has 1 aliphatic rings. The fraction of sp³-hybridized carbons (Fsp3) is 0.500. The Morgan fingerprint density at radius 1 is 1.35 bits per heavy atom. The standard InChI is InChI=1S/C14H17BrN2O3/c1-9-5-3-6-10(2)16(9)14(18)11-7-4-8-12(13(11)15)17(19)20/h4,7-10H,3,5-6H2,1-2H3. The predicted octanol–water partition coefficient (Wildman–Crippen LogP) is 3.76. The molecule has 0 saturated carbocycles. The second kappa shape index (κ2) is 5.91. The zero-order valence-corrected chi connectivity index (χ0v) is 13.1. The first-order valence-electron chi connectivity index (χ1n) is 6.69. The van der Waals surface area contributed by atoms with Crippen LogP contribution >= 0.6 is 15.9 Å². The summed E-state index contributed by atoms with van der Waals surface area (Å²) in [5.41, 5.74) is 0.285. The smallest absolute Gasteiger partial charge is 0.284 e. The highest BCUT2D eigenvalue weighted by molar-refractivity contribution is 9.10. The molecule has 0 aliphatic carbocycles. The highest BCUT2D eigenvalue weighted by Gasteiger charge is 2.31. The Morgan fingerprint density at radius 3 is 2.50 bits per heavy atom. The molecule has 0 aromatic heterocycles. The number of piperidine rings is 1. The lowest BCUT2D eigenvalue weighted by atomic mass is 9.96. The lowest BCUT2D eigenvalue weighted by Crippen LogP contribution is -2.47. The maximum absolute atomic E-state index is 12.7. The highest BCUT2D eigenvalue weighted by atomic mass is 79.9. The largest absolute Gasteiger partial charge is 0.333 e. The number of nitro groups is 1. The first kappa shape index (κ1) is 15.0. The van der Waals surface area contributed by atoms with Crippen molar-refractivity contribution in [2.45, 2.75) is 45.2 Å². The van der Waals surface area contributed by atoms with Crippen molar-refractivity contribution < 1.29 is 9.72 Å². The van der Waals surface area contributed by atoms with Gasteiger partial charge in [-0.15, -0.1) is 0 Å². The zero-order chi connectivity index (χ0) is 14.9. The van der Waals surface area contributed by atoms with Crippen molar-refractivity contribution in [3.05, 3.63) is 38.3 Å². The third-order valence-corrected chi connectivity index (χ3v) is 4.67. The Labute approximate surface area is 126 Å². The minimum atomic E-state index is -0.482. The van der Waals surface area contributed by atoms with Crippen molar-refractivity contribution in [3.8, 4) is 0 Å². The number of carbonyl (C=O) groups excluding carboxylic acids is 1. The lowest BCUT2D eigenvalue weighted by Gasteiger charge is -2.39. The first-order valence-corrected chi connectivity index (χ1v) is 7.48. The molecule has 0 N–H and O–H groups in total. The van der Waals surface area contributed by atoms with Gasteiger partial charge in [0.05, 0.1) is 10.5 Å². The Hall–Kier alpha value is -1.43. The Bertz CT molecular complexity index is 537. The van der Waals surface area contributed by atoms with E-state index in [0.717, 1.165) is 19.3 Å². The zero-order valence-electron chi connectivity index (χ0n) is 11.5. The normalized spacial score (nSPS) is 22.6. The van der Waals surface area contributed by atoms with Crippen molar-refractivity contribution in [3.63, 3.8) is 0 Å². The van der Waals surface area contributed by atoms with Crippen molar-refractivity contribution in [2.24, 2.45) is 0 Å². The van der Waals surface area contributed by atoms with Gasteiger partial charge in [0, 0.05) is 18.2 Å². The Kier molecular flexibility index (Phi) is 4.42. The van der Waals surface area contributed by atoms with Gasteiger partial charge in [-0.05, 0) is 55.1 Å². The van der Waals surface area contributed by atoms with Crippen molar-refractivity contribution in [1.82, 2.24) is 4.90 Å². The minimum Gasteiger partial charge on any atom is -0.333 e. The van der Waals surface area contributed by atoms with Gasteiger partial charge >= 0.3 is 0 Å². The number of hydrogen-bond donors (Lipinski definition) is 0. The molecule has 0 radical (unpaired) electrons. The molecule has 2 rings (SSSR count). The van der Waals surface area contributed by atoms with E-state index in [4.69, 9.17) is 0 Å². The molecular formula is C14H17BrN2O3. The van der Waals surface area contributed by atoms with Crippen LogP contribution in [-0.2, 0) is 0 Å². The van der Waals surface area contributed by atoms with Crippen molar-refractivity contribution in [1.29, 1.82) is 0 Å². The summed E-state index contributed by atoms with van der Waals surface area (Å²) in [6.07, 6.45) is 3.06. The second-order valence-electron chi connectivity index (χ2n) is 5.24. The molecule has 6 heteroatoms. The number of benzene rings is 1. The third-order valence-electron chi connectivity index (χ3n) is 3.83. The summed E-state index contributed by atoms with van der Waals surface area (Å²) in [5.74, 6) is -0.139. The molecule has 1 aromatic carbocycles. The number of halogens is 1. The van der Waals surface area contributed by atoms with Crippen LogP contribution in [-0.4, -0.2) is 27.8 Å². The molecule has 2 atom stereocenters. The molecule has 1 aromatic rings. The van der Waals surface area contributed by atoms with Gasteiger partial charge in [0.2, 0.25) is 0 Å². The summed E-state index contributed by atoms with van der Waals surface area (Å²) in [5, 5.41) is 11.0. The first-order chi connectivity index (χ1) is 9.43. The van der Waals surface area contributed by atoms with Gasteiger partial charge in [-0.3, -0.25) is 14.9 Å². The fourth-order valence-electron chi connectivity index (χ4n) is 2.79. The van der Waals surface area contributed by atoms with E-state index in [2.05, 4.69) is 15.9 Å². The summed E-state index contributed by atoms with van der Waals surface area (Å²) < 4.78 is 0.264. The van der Waals surface area contributed by atoms with Crippen LogP contribution in [0.3, 0.4) is 0 Å². The summed E-state index contributed by atoms with van der Waals surface area (Å²) in [6, 6.07) is 4.90. The number of likely N-dealkylation sites (tertiary alicyclic amines) is 1. The van der Waals surface area contributed by atoms with E-state index in [1.165, 1.54) is 6.07 Å². The van der Waals surface area contributed by atoms with Crippen LogP contribution < -0.4 is 0 Å². The minimum absolute atomic E-state index is 0.0758. The van der Waals surface area contributed by atoms with E-state index in [0.29, 0.717) is 5.56 Å². The van der Waals surface area contributed by atoms with Gasteiger partial charge in [0.25, 0.3) is 11.6 Å². The molecule has 20 heavy (non-hydrogen) atoms. The van der Waals surface area contributed by atoms with Crippen molar-refractivity contribution >= 4 is 27.5 Å². The summed E-state index contributed by atoms with van der Waals surface area (Å²) >= 11 is 3.20. The molecule has 1 amide bonds. The average Bonchev–Trinajstić information content (AvgIpc) is 2.38. The summed E-state index contributed by atoms with van der Waals surface area (Å²) in [7, 11) is 0. The summed E-state index contributed by atoms with van der Waals surface area (Å²) in [6.45, 7) is 4.05. The number of carbonyl (C=O) groups is 1. The highest BCUT2D eigenvalue weighted by Crippen LogP contribution is 2.32. The Morgan fingerprint density at radius 2 is 1.95 bits per heavy atom. The van der Waals surface area contributed by atoms with E-state index in [-0.39, 0.29) is 28.2 Å². The van der Waals surface area contributed by atoms with Crippen LogP contribution in [0.25, 0.3) is 0 Å². The van der Waals surface area contributed by atoms with Crippen LogP contribution in [0.2, 0.25) is 0 Å². The van der Waals surface area contributed by atoms with Crippen LogP contribution in [0.4, 0.5) is 5.69 Å². The van der Waals surface area contributed by atoms with Gasteiger partial charge in [-0.25, -0.2) is 0 Å². The van der Waals surface area contributed by atoms with E-state index >= 15 is 0 Å². The van der Waals surface area contributed by atoms with Crippen LogP contribution in [0.5, 0.6) is 0 Å². The van der Waals surface area contributed by atoms with Gasteiger partial charge in [-0.2, -0.15) is 0 Å². The SMILES string of the molecule is CC1CCCC(C)N1C(=O)c1cccc([N+](=O)[O-])c1Br. The molecule has 2 unspecified atom stereocenters. The molecule has 5 nitrogen and oxygen atoms in total. The number of nitro benzene ring substituents is 1. The number of nitrogens with zero attached hydrogens (tertiary/aromatic N) is 2. The van der Waals surface area contributed by atoms with E-state index in [9.17, 15) is 14.9 Å². The van der Waals surface area contributed by atoms with Gasteiger partial charge in [0.1, 0.15) is 4.47 Å². The molecule has 1 fully saturated rings. The van der Waals surface area contributed by atoms with Crippen LogP contribution in [0, 0.1) is 10.1 Å². The quantitative estimate of drug-likeness (QED) is 0.608. The lowest BCUT2D eigenvalue weighted by molar-refractivity contribution is -0.385. The van der Waals surface area contributed by atoms with Gasteiger partial charge in [0.15, 0.2) is 0 Å². The molecule has 0 spiro atoms. The summed E-state index contributed by atoms with van der Waals surface area (Å²) in [4.78, 5) is 25.0. The number of rotatable bonds is 2. The van der Waals surface area contributed by atoms with Crippen LogP contribution in [0.15, 0.2) is 22.7 Å². The predicted molar refractivity (Wildman–Crippen MR) is 79.7 cm³/mol. The van der Waals surface area contributed by atoms with Crippen molar-refractivity contribution in [2.75, 3.05) is 0 Å². The maximum atomic E-state index is 12.7. The van der Waals surface area contributed by atoms with Gasteiger partial charge in [-0.1, -0.05) is 6.07 Å². The number of amides is 1. The van der Waals surface area contributed by atoms with E-state index in [1.54, 1.807) is 12.1 Å². The van der Waals surface area contributed by atoms with E-state index < -0.39 is 4.92 Å². The average molecular weight is 341 g/mol. The molecule has 1 saturated heterocycles. The second-order valence-corrected chi connectivity index (χ2v) is 6.03. The fourth-order valence-corrected chi connectivity index (χ4v) is 3.37. The topological polar surface area (TPSA) is 63.5 Å². The monoisotopic (exact) mass is 340 g/mol. The Balaban J connectivity index is 2.38. The molecule has 1 aliphatic heterocycles. The van der Waals surface area contributed by atoms with E-state index in [1.807, 2.05) is 18.7 Å². The third kappa shape index (κ3) is 2.70. The van der Waals surface area contributed by atoms with Crippen LogP contribution in [0.1, 0.15) is 43.5 Å². The molecule has 108 valence electrons. The van der Waals surface area contributed by atoms with Gasteiger partial charge < -0.3 is 4.90 Å². The maximum Gasteiger partial charge on any atom is 0.284 e. The molecule has 1 heterocycles. The molecule has 0 bridgehead atoms. The molecular weight excluding hydrogens is 324 g/mol. The number of hydrogen-bond acceptors (Lipinski definition) is 3.